The average molecular weight is 446 g/mol. The molecule has 0 saturated carbocycles. The van der Waals surface area contributed by atoms with E-state index in [4.69, 9.17) is 0 Å². The molecular weight excluding hydrogens is 426 g/mol. The molecule has 0 saturated heterocycles. The van der Waals surface area contributed by atoms with Crippen molar-refractivity contribution in [1.82, 2.24) is 4.90 Å². The summed E-state index contributed by atoms with van der Waals surface area (Å²) in [5.74, 6) is 0. The number of para-hydroxylation sites is 1. The van der Waals surface area contributed by atoms with Crippen molar-refractivity contribution in [2.45, 2.75) is 12.4 Å². The lowest BCUT2D eigenvalue weighted by molar-refractivity contribution is -0.137. The highest BCUT2D eigenvalue weighted by atomic mass is 32.1. The van der Waals surface area contributed by atoms with Crippen LogP contribution >= 0.6 is 11.3 Å². The van der Waals surface area contributed by atoms with E-state index < -0.39 is 23.5 Å². The highest BCUT2D eigenvalue weighted by Crippen LogP contribution is 2.41. The monoisotopic (exact) mass is 446 g/mol. The number of thiophene rings is 1. The molecule has 2 nitrogen and oxygen atoms in total. The van der Waals surface area contributed by atoms with E-state index in [0.717, 1.165) is 28.4 Å². The highest BCUT2D eigenvalue weighted by molar-refractivity contribution is 7.14. The molecule has 0 N–H and O–H groups in total. The largest absolute Gasteiger partial charge is 0.418 e. The molecule has 0 radical (unpaired) electrons. The Morgan fingerprint density at radius 1 is 0.900 bits per heavy atom. The van der Waals surface area contributed by atoms with Crippen LogP contribution in [0, 0.1) is 0 Å². The Morgan fingerprint density at radius 2 is 1.47 bits per heavy atom. The second-order valence-electron chi connectivity index (χ2n) is 6.63. The lowest BCUT2D eigenvalue weighted by atomic mass is 10.1. The van der Waals surface area contributed by atoms with Gasteiger partial charge in [-0.1, -0.05) is 25.3 Å². The number of halogens is 6. The zero-order valence-electron chi connectivity index (χ0n) is 16.5. The maximum absolute atomic E-state index is 13.5. The molecule has 162 valence electrons. The predicted octanol–water partition coefficient (Wildman–Crippen LogP) is 6.90. The molecule has 0 unspecified atom stereocenters. The Morgan fingerprint density at radius 3 is 2.00 bits per heavy atom. The molecule has 1 aromatic heterocycles. The molecule has 2 rings (SSSR count). The molecule has 0 fully saturated rings. The van der Waals surface area contributed by atoms with Crippen LogP contribution in [0.15, 0.2) is 61.2 Å². The number of hydrogen-bond donors (Lipinski definition) is 0. The van der Waals surface area contributed by atoms with Crippen LogP contribution in [-0.4, -0.2) is 32.2 Å². The van der Waals surface area contributed by atoms with Gasteiger partial charge in [0.15, 0.2) is 0 Å². The van der Waals surface area contributed by atoms with Crippen molar-refractivity contribution in [2.75, 3.05) is 26.0 Å². The summed E-state index contributed by atoms with van der Waals surface area (Å²) >= 11 is 1.13. The van der Waals surface area contributed by atoms with Crippen molar-refractivity contribution in [3.8, 4) is 0 Å². The van der Waals surface area contributed by atoms with Crippen LogP contribution in [0.3, 0.4) is 0 Å². The Bertz CT molecular complexity index is 966. The van der Waals surface area contributed by atoms with Crippen molar-refractivity contribution >= 4 is 28.4 Å². The third-order valence-corrected chi connectivity index (χ3v) is 5.45. The molecule has 9 heteroatoms. The summed E-state index contributed by atoms with van der Waals surface area (Å²) < 4.78 is 79.8. The first-order chi connectivity index (χ1) is 13.7. The third-order valence-electron chi connectivity index (χ3n) is 4.29. The van der Waals surface area contributed by atoms with E-state index in [1.54, 1.807) is 31.1 Å². The molecule has 2 aromatic rings. The zero-order chi connectivity index (χ0) is 22.9. The van der Waals surface area contributed by atoms with E-state index in [0.29, 0.717) is 15.5 Å². The molecular formula is C21H20F6N2S. The van der Waals surface area contributed by atoms with Crippen molar-refractivity contribution in [1.29, 1.82) is 0 Å². The van der Waals surface area contributed by atoms with Gasteiger partial charge in [0.2, 0.25) is 0 Å². The van der Waals surface area contributed by atoms with Crippen LogP contribution in [0.4, 0.5) is 32.0 Å². The van der Waals surface area contributed by atoms with Gasteiger partial charge >= 0.3 is 12.4 Å². The van der Waals surface area contributed by atoms with Crippen molar-refractivity contribution in [3.05, 3.63) is 76.5 Å². The van der Waals surface area contributed by atoms with Gasteiger partial charge < -0.3 is 9.80 Å². The maximum Gasteiger partial charge on any atom is 0.418 e. The quantitative estimate of drug-likeness (QED) is 0.352. The van der Waals surface area contributed by atoms with Gasteiger partial charge in [0.25, 0.3) is 0 Å². The van der Waals surface area contributed by atoms with Gasteiger partial charge in [-0.25, -0.2) is 0 Å². The van der Waals surface area contributed by atoms with Crippen molar-refractivity contribution in [3.63, 3.8) is 0 Å². The van der Waals surface area contributed by atoms with Gasteiger partial charge in [-0.05, 0) is 30.3 Å². The van der Waals surface area contributed by atoms with Gasteiger partial charge in [0.05, 0.1) is 32.3 Å². The summed E-state index contributed by atoms with van der Waals surface area (Å²) in [7, 11) is 4.81. The standard InChI is InChI=1S/C21H20F6N2S/c1-13(20(22,23)24)12-17(19-11-10-18(30-19)14(2)28(3)4)29(5)16-9-7-6-8-15(16)21(25,26)27/h6-12H,1-2H2,3-5H3/b17-12-. The van der Waals surface area contributed by atoms with Crippen LogP contribution in [0.25, 0.3) is 11.4 Å². The summed E-state index contributed by atoms with van der Waals surface area (Å²) in [6.45, 7) is 6.94. The van der Waals surface area contributed by atoms with Gasteiger partial charge in [-0.2, -0.15) is 26.3 Å². The lowest BCUT2D eigenvalue weighted by Crippen LogP contribution is -2.21. The van der Waals surface area contributed by atoms with Crippen LogP contribution in [-0.2, 0) is 6.18 Å². The van der Waals surface area contributed by atoms with Gasteiger partial charge in [0, 0.05) is 26.8 Å². The normalized spacial score (nSPS) is 12.6. The minimum absolute atomic E-state index is 0.0585. The van der Waals surface area contributed by atoms with Crippen molar-refractivity contribution < 1.29 is 26.3 Å². The van der Waals surface area contributed by atoms with E-state index in [1.807, 2.05) is 0 Å². The van der Waals surface area contributed by atoms with E-state index >= 15 is 0 Å². The van der Waals surface area contributed by atoms with E-state index in [-0.39, 0.29) is 11.4 Å². The Balaban J connectivity index is 2.63. The van der Waals surface area contributed by atoms with Crippen LogP contribution in [0.2, 0.25) is 0 Å². The summed E-state index contributed by atoms with van der Waals surface area (Å²) in [6.07, 6.45) is -8.64. The molecule has 0 amide bonds. The fraction of sp³-hybridized carbons (Fsp3) is 0.238. The number of nitrogens with zero attached hydrogens (tertiary/aromatic N) is 2. The Hall–Kier alpha value is -2.68. The fourth-order valence-electron chi connectivity index (χ4n) is 2.57. The summed E-state index contributed by atoms with van der Waals surface area (Å²) in [4.78, 5) is 3.85. The molecule has 0 atom stereocenters. The van der Waals surface area contributed by atoms with Gasteiger partial charge in [0.1, 0.15) is 0 Å². The smallest absolute Gasteiger partial charge is 0.377 e. The predicted molar refractivity (Wildman–Crippen MR) is 110 cm³/mol. The third kappa shape index (κ3) is 5.27. The van der Waals surface area contributed by atoms with Crippen LogP contribution in [0.5, 0.6) is 0 Å². The van der Waals surface area contributed by atoms with Gasteiger partial charge in [-0.15, -0.1) is 11.3 Å². The minimum Gasteiger partial charge on any atom is -0.377 e. The summed E-state index contributed by atoms with van der Waals surface area (Å²) in [5, 5.41) is 0. The minimum atomic E-state index is -4.72. The van der Waals surface area contributed by atoms with Crippen LogP contribution in [0.1, 0.15) is 15.3 Å². The number of alkyl halides is 6. The van der Waals surface area contributed by atoms with Crippen molar-refractivity contribution in [2.24, 2.45) is 0 Å². The van der Waals surface area contributed by atoms with E-state index in [2.05, 4.69) is 13.2 Å². The topological polar surface area (TPSA) is 6.48 Å². The SMILES string of the molecule is C=C(c1ccc(/C(=C/C(=C)C(F)(F)F)N(C)c2ccccc2C(F)(F)F)s1)N(C)C. The number of hydrogen-bond acceptors (Lipinski definition) is 3. The highest BCUT2D eigenvalue weighted by Gasteiger charge is 2.36. The Labute approximate surface area is 175 Å². The first-order valence-electron chi connectivity index (χ1n) is 8.58. The first-order valence-corrected chi connectivity index (χ1v) is 9.39. The first kappa shape index (κ1) is 23.6. The number of rotatable bonds is 6. The molecule has 0 aliphatic carbocycles. The zero-order valence-corrected chi connectivity index (χ0v) is 17.3. The molecule has 0 aliphatic heterocycles. The van der Waals surface area contributed by atoms with E-state index in [9.17, 15) is 26.3 Å². The second kappa shape index (κ2) is 8.59. The fourth-order valence-corrected chi connectivity index (χ4v) is 3.68. The maximum atomic E-state index is 13.5. The number of allylic oxidation sites excluding steroid dienone is 2. The molecule has 30 heavy (non-hydrogen) atoms. The molecule has 0 bridgehead atoms. The molecule has 1 aromatic carbocycles. The number of anilines is 1. The molecule has 0 spiro atoms. The molecule has 1 heterocycles. The number of benzene rings is 1. The summed E-state index contributed by atoms with van der Waals surface area (Å²) in [5.41, 5.74) is -1.83. The summed E-state index contributed by atoms with van der Waals surface area (Å²) in [6, 6.07) is 7.93. The van der Waals surface area contributed by atoms with E-state index in [1.165, 1.54) is 25.2 Å². The second-order valence-corrected chi connectivity index (χ2v) is 7.72. The van der Waals surface area contributed by atoms with Crippen LogP contribution < -0.4 is 4.90 Å². The average Bonchev–Trinajstić information content (AvgIpc) is 3.12. The lowest BCUT2D eigenvalue weighted by Gasteiger charge is -2.26. The Kier molecular flexibility index (Phi) is 6.76. The van der Waals surface area contributed by atoms with Gasteiger partial charge in [-0.3, -0.25) is 0 Å². The molecule has 0 aliphatic rings.